The van der Waals surface area contributed by atoms with Gasteiger partial charge in [-0.25, -0.2) is 0 Å². The highest BCUT2D eigenvalue weighted by Crippen LogP contribution is 2.15. The summed E-state index contributed by atoms with van der Waals surface area (Å²) in [6, 6.07) is 9.98. The Morgan fingerprint density at radius 3 is 2.25 bits per heavy atom. The molecule has 0 nitrogen and oxygen atoms in total. The Labute approximate surface area is 77.4 Å². The van der Waals surface area contributed by atoms with Gasteiger partial charge >= 0.3 is 0 Å². The highest BCUT2D eigenvalue weighted by atomic mass is 28.1. The summed E-state index contributed by atoms with van der Waals surface area (Å²) in [7, 11) is 3.51. The fourth-order valence-corrected chi connectivity index (χ4v) is 0.812. The Bertz CT molecular complexity index is 295. The smallest absolute Gasteiger partial charge is 0.0484 e. The fraction of sp³-hybridized carbons (Fsp3) is 0.273. The molecule has 0 saturated carbocycles. The molecule has 0 aliphatic heterocycles. The lowest BCUT2D eigenvalue weighted by molar-refractivity contribution is 0.895. The summed E-state index contributed by atoms with van der Waals surface area (Å²) in [6.07, 6.45) is 0. The predicted octanol–water partition coefficient (Wildman–Crippen LogP) is 2.41. The van der Waals surface area contributed by atoms with Crippen molar-refractivity contribution in [3.05, 3.63) is 35.9 Å². The Hall–Kier alpha value is -1.00. The zero-order valence-electron chi connectivity index (χ0n) is 7.39. The molecule has 3 radical (unpaired) electrons. The first kappa shape index (κ1) is 9.09. The molecule has 1 aromatic rings. The molecule has 0 spiro atoms. The molecule has 59 valence electrons. The fourth-order valence-electron chi connectivity index (χ4n) is 0.750. The molecule has 0 unspecified atom stereocenters. The van der Waals surface area contributed by atoms with Crippen molar-refractivity contribution in [3.63, 3.8) is 0 Å². The Morgan fingerprint density at radius 2 is 1.75 bits per heavy atom. The lowest BCUT2D eigenvalue weighted by Crippen LogP contribution is -1.96. The van der Waals surface area contributed by atoms with E-state index in [2.05, 4.69) is 22.1 Å². The summed E-state index contributed by atoms with van der Waals surface area (Å²) in [4.78, 5) is 0. The predicted molar refractivity (Wildman–Crippen MR) is 53.1 cm³/mol. The van der Waals surface area contributed by atoms with Crippen LogP contribution in [0.15, 0.2) is 30.3 Å². The van der Waals surface area contributed by atoms with Crippen molar-refractivity contribution in [3.8, 4) is 11.8 Å². The molecule has 0 aromatic heterocycles. The van der Waals surface area contributed by atoms with Crippen molar-refractivity contribution in [2.24, 2.45) is 0 Å². The second-order valence-electron chi connectivity index (χ2n) is 3.24. The third-order valence-corrected chi connectivity index (χ3v) is 1.42. The molecule has 0 aliphatic carbocycles. The molecule has 1 heteroatoms. The van der Waals surface area contributed by atoms with Crippen molar-refractivity contribution in [2.75, 3.05) is 0 Å². The molecule has 0 aliphatic rings. The molecule has 0 bridgehead atoms. The molecule has 0 N–H and O–H groups in total. The van der Waals surface area contributed by atoms with Gasteiger partial charge in [-0.15, -0.1) is 0 Å². The van der Waals surface area contributed by atoms with Gasteiger partial charge in [0.05, 0.1) is 0 Å². The van der Waals surface area contributed by atoms with Gasteiger partial charge in [-0.1, -0.05) is 43.9 Å². The normalized spacial score (nSPS) is 10.2. The topological polar surface area (TPSA) is 0 Å². The molecule has 0 amide bonds. The largest absolute Gasteiger partial charge is 0.0958 e. The number of benzene rings is 1. The Balaban J connectivity index is 2.81. The van der Waals surface area contributed by atoms with Crippen LogP contribution in [0.25, 0.3) is 0 Å². The van der Waals surface area contributed by atoms with Gasteiger partial charge in [-0.3, -0.25) is 0 Å². The van der Waals surface area contributed by atoms with Crippen molar-refractivity contribution in [2.45, 2.75) is 18.9 Å². The number of hydrogen-bond acceptors (Lipinski definition) is 0. The SMILES string of the molecule is CC(C)([Si])C#Cc1ccccc1. The van der Waals surface area contributed by atoms with E-state index in [0.29, 0.717) is 0 Å². The van der Waals surface area contributed by atoms with Crippen LogP contribution < -0.4 is 0 Å². The van der Waals surface area contributed by atoms with Crippen LogP contribution in [0.3, 0.4) is 0 Å². The van der Waals surface area contributed by atoms with E-state index in [1.807, 2.05) is 44.2 Å². The van der Waals surface area contributed by atoms with E-state index >= 15 is 0 Å². The van der Waals surface area contributed by atoms with Crippen LogP contribution >= 0.6 is 0 Å². The summed E-state index contributed by atoms with van der Waals surface area (Å²) < 4.78 is 0. The third-order valence-electron chi connectivity index (χ3n) is 1.29. The first-order chi connectivity index (χ1) is 5.58. The average molecular weight is 171 g/mol. The van der Waals surface area contributed by atoms with Crippen molar-refractivity contribution in [1.82, 2.24) is 0 Å². The second kappa shape index (κ2) is 3.60. The quantitative estimate of drug-likeness (QED) is 0.415. The van der Waals surface area contributed by atoms with Gasteiger partial charge < -0.3 is 0 Å². The number of rotatable bonds is 0. The van der Waals surface area contributed by atoms with E-state index in [4.69, 9.17) is 0 Å². The summed E-state index contributed by atoms with van der Waals surface area (Å²) in [6.45, 7) is 4.06. The minimum absolute atomic E-state index is 0.101. The summed E-state index contributed by atoms with van der Waals surface area (Å²) in [5.41, 5.74) is 1.06. The van der Waals surface area contributed by atoms with Gasteiger partial charge in [0.2, 0.25) is 0 Å². The van der Waals surface area contributed by atoms with E-state index < -0.39 is 0 Å². The summed E-state index contributed by atoms with van der Waals surface area (Å²) in [5.74, 6) is 6.19. The van der Waals surface area contributed by atoms with E-state index in [-0.39, 0.29) is 5.04 Å². The van der Waals surface area contributed by atoms with Crippen LogP contribution in [0.5, 0.6) is 0 Å². The van der Waals surface area contributed by atoms with Crippen LogP contribution in [-0.4, -0.2) is 10.2 Å². The van der Waals surface area contributed by atoms with Gasteiger partial charge in [0, 0.05) is 20.8 Å². The first-order valence-electron chi connectivity index (χ1n) is 3.91. The van der Waals surface area contributed by atoms with E-state index in [1.54, 1.807) is 0 Å². The summed E-state index contributed by atoms with van der Waals surface area (Å²) in [5, 5.41) is -0.101. The maximum Gasteiger partial charge on any atom is 0.0484 e. The minimum atomic E-state index is -0.101. The van der Waals surface area contributed by atoms with Crippen LogP contribution in [0.2, 0.25) is 5.04 Å². The average Bonchev–Trinajstić information content (AvgIpc) is 2.02. The standard InChI is InChI=1S/C11H11Si/c1-11(2,12)9-8-10-6-4-3-5-7-10/h3-7H,1-2H3. The second-order valence-corrected chi connectivity index (χ2v) is 4.49. The van der Waals surface area contributed by atoms with Crippen LogP contribution in [-0.2, 0) is 0 Å². The van der Waals surface area contributed by atoms with Crippen molar-refractivity contribution in [1.29, 1.82) is 0 Å². The molecule has 0 heterocycles. The maximum absolute atomic E-state index is 3.51. The zero-order valence-corrected chi connectivity index (χ0v) is 8.39. The third kappa shape index (κ3) is 3.41. The lowest BCUT2D eigenvalue weighted by atomic mass is 10.1. The van der Waals surface area contributed by atoms with E-state index in [1.165, 1.54) is 0 Å². The van der Waals surface area contributed by atoms with Crippen LogP contribution in [0.1, 0.15) is 19.4 Å². The van der Waals surface area contributed by atoms with Gasteiger partial charge in [0.1, 0.15) is 0 Å². The monoisotopic (exact) mass is 171 g/mol. The highest BCUT2D eigenvalue weighted by molar-refractivity contribution is 6.16. The van der Waals surface area contributed by atoms with E-state index in [0.717, 1.165) is 5.56 Å². The maximum atomic E-state index is 3.51. The lowest BCUT2D eigenvalue weighted by Gasteiger charge is -2.06. The highest BCUT2D eigenvalue weighted by Gasteiger charge is 2.03. The molecular weight excluding hydrogens is 160 g/mol. The van der Waals surface area contributed by atoms with Crippen molar-refractivity contribution < 1.29 is 0 Å². The van der Waals surface area contributed by atoms with E-state index in [9.17, 15) is 0 Å². The molecule has 0 atom stereocenters. The minimum Gasteiger partial charge on any atom is -0.0958 e. The van der Waals surface area contributed by atoms with Crippen LogP contribution in [0.4, 0.5) is 0 Å². The molecule has 1 rings (SSSR count). The van der Waals surface area contributed by atoms with Gasteiger partial charge in [-0.2, -0.15) is 0 Å². The van der Waals surface area contributed by atoms with Gasteiger partial charge in [-0.05, 0) is 12.1 Å². The Morgan fingerprint density at radius 1 is 1.17 bits per heavy atom. The summed E-state index contributed by atoms with van der Waals surface area (Å²) >= 11 is 0. The number of hydrogen-bond donors (Lipinski definition) is 0. The Kier molecular flexibility index (Phi) is 2.72. The molecular formula is C11H11Si. The first-order valence-corrected chi connectivity index (χ1v) is 4.41. The zero-order chi connectivity index (χ0) is 9.03. The molecule has 12 heavy (non-hydrogen) atoms. The molecule has 1 aromatic carbocycles. The molecule has 0 saturated heterocycles. The van der Waals surface area contributed by atoms with Gasteiger partial charge in [0.15, 0.2) is 0 Å². The van der Waals surface area contributed by atoms with Crippen molar-refractivity contribution >= 4 is 10.2 Å². The van der Waals surface area contributed by atoms with Gasteiger partial charge in [0.25, 0.3) is 0 Å². The van der Waals surface area contributed by atoms with Crippen LogP contribution in [0, 0.1) is 11.8 Å². The molecule has 0 fully saturated rings.